The van der Waals surface area contributed by atoms with E-state index in [4.69, 9.17) is 10.7 Å². The van der Waals surface area contributed by atoms with Crippen LogP contribution in [0.4, 0.5) is 11.5 Å². The summed E-state index contributed by atoms with van der Waals surface area (Å²) in [6.45, 7) is 4.55. The van der Waals surface area contributed by atoms with Gasteiger partial charge in [0.15, 0.2) is 0 Å². The highest BCUT2D eigenvalue weighted by atomic mass is 16.3. The number of nitrogens with two attached hydrogens (primary N) is 1. The minimum Gasteiger partial charge on any atom is -0.506 e. The molecule has 27 heavy (non-hydrogen) atoms. The molecule has 1 fully saturated rings. The molecule has 1 aromatic heterocycles. The second-order valence-corrected chi connectivity index (χ2v) is 7.00. The molecule has 0 spiro atoms. The van der Waals surface area contributed by atoms with E-state index in [1.165, 1.54) is 0 Å². The summed E-state index contributed by atoms with van der Waals surface area (Å²) in [7, 11) is 0. The minimum atomic E-state index is 0.0994. The maximum atomic E-state index is 11.5. The van der Waals surface area contributed by atoms with Crippen LogP contribution in [0.15, 0.2) is 24.4 Å². The number of aryl methyl sites for hydroxylation is 1. The molecule has 0 bridgehead atoms. The predicted molar refractivity (Wildman–Crippen MR) is 105 cm³/mol. The van der Waals surface area contributed by atoms with Crippen LogP contribution in [0.5, 0.6) is 5.75 Å². The number of phenolic OH excluding ortho intramolecular Hbond substituents is 1. The molecule has 4 rings (SSSR count). The van der Waals surface area contributed by atoms with E-state index >= 15 is 0 Å². The van der Waals surface area contributed by atoms with E-state index in [1.807, 2.05) is 17.2 Å². The Labute approximate surface area is 158 Å². The van der Waals surface area contributed by atoms with Crippen LogP contribution in [-0.4, -0.2) is 52.1 Å². The SMILES string of the molecule is CC(=O)N1CCN(c2cnc3c(n2)C=C(c2ccc(O)c(N)c2)CC3)CC1. The van der Waals surface area contributed by atoms with Crippen LogP contribution in [-0.2, 0) is 11.2 Å². The Hall–Kier alpha value is -3.09. The van der Waals surface area contributed by atoms with E-state index in [2.05, 4.69) is 16.0 Å². The highest BCUT2D eigenvalue weighted by Gasteiger charge is 2.22. The van der Waals surface area contributed by atoms with E-state index in [1.54, 1.807) is 19.1 Å². The number of amides is 1. The van der Waals surface area contributed by atoms with Crippen LogP contribution in [0.1, 0.15) is 30.3 Å². The lowest BCUT2D eigenvalue weighted by Crippen LogP contribution is -2.48. The topological polar surface area (TPSA) is 95.6 Å². The first-order valence-corrected chi connectivity index (χ1v) is 9.17. The summed E-state index contributed by atoms with van der Waals surface area (Å²) < 4.78 is 0. The zero-order valence-electron chi connectivity index (χ0n) is 15.4. The van der Waals surface area contributed by atoms with E-state index < -0.39 is 0 Å². The number of nitrogen functional groups attached to an aromatic ring is 1. The van der Waals surface area contributed by atoms with Gasteiger partial charge in [0.2, 0.25) is 5.91 Å². The first-order valence-electron chi connectivity index (χ1n) is 9.17. The molecule has 1 amide bonds. The van der Waals surface area contributed by atoms with Gasteiger partial charge in [-0.1, -0.05) is 6.07 Å². The van der Waals surface area contributed by atoms with Gasteiger partial charge in [0, 0.05) is 33.1 Å². The molecule has 2 aliphatic rings. The van der Waals surface area contributed by atoms with Crippen LogP contribution in [0.25, 0.3) is 11.6 Å². The van der Waals surface area contributed by atoms with Crippen molar-refractivity contribution in [1.82, 2.24) is 14.9 Å². The summed E-state index contributed by atoms with van der Waals surface area (Å²) in [4.78, 5) is 25.0. The van der Waals surface area contributed by atoms with Gasteiger partial charge >= 0.3 is 0 Å². The molecular weight excluding hydrogens is 342 g/mol. The molecule has 1 aromatic carbocycles. The maximum Gasteiger partial charge on any atom is 0.219 e. The number of hydrogen-bond donors (Lipinski definition) is 2. The average molecular weight is 365 g/mol. The third-order valence-corrected chi connectivity index (χ3v) is 5.26. The smallest absolute Gasteiger partial charge is 0.219 e. The van der Waals surface area contributed by atoms with Crippen LogP contribution < -0.4 is 10.6 Å². The molecule has 3 N–H and O–H groups in total. The molecule has 0 atom stereocenters. The number of rotatable bonds is 2. The van der Waals surface area contributed by atoms with Gasteiger partial charge in [0.05, 0.1) is 23.3 Å². The Balaban J connectivity index is 1.58. The van der Waals surface area contributed by atoms with Gasteiger partial charge < -0.3 is 20.6 Å². The highest BCUT2D eigenvalue weighted by molar-refractivity contribution is 5.84. The maximum absolute atomic E-state index is 11.5. The number of benzene rings is 1. The molecule has 0 saturated carbocycles. The van der Waals surface area contributed by atoms with Gasteiger partial charge in [-0.15, -0.1) is 0 Å². The lowest BCUT2D eigenvalue weighted by atomic mass is 9.93. The van der Waals surface area contributed by atoms with Crippen molar-refractivity contribution >= 4 is 29.1 Å². The van der Waals surface area contributed by atoms with E-state index in [0.717, 1.165) is 54.3 Å². The summed E-state index contributed by atoms with van der Waals surface area (Å²) in [6.07, 6.45) is 5.59. The number of piperazine rings is 1. The van der Waals surface area contributed by atoms with Gasteiger partial charge in [-0.2, -0.15) is 0 Å². The molecule has 2 heterocycles. The summed E-state index contributed by atoms with van der Waals surface area (Å²) in [5.41, 5.74) is 10.2. The molecule has 0 unspecified atom stereocenters. The summed E-state index contributed by atoms with van der Waals surface area (Å²) in [6, 6.07) is 5.29. The van der Waals surface area contributed by atoms with Gasteiger partial charge in [-0.3, -0.25) is 9.78 Å². The van der Waals surface area contributed by atoms with E-state index in [9.17, 15) is 9.90 Å². The fourth-order valence-corrected chi connectivity index (χ4v) is 3.60. The number of aromatic nitrogens is 2. The van der Waals surface area contributed by atoms with Crippen LogP contribution >= 0.6 is 0 Å². The standard InChI is InChI=1S/C20H23N5O2/c1-13(26)24-6-8-25(9-7-24)20-12-22-17-4-2-15(11-18(17)23-20)14-3-5-19(27)16(21)10-14/h3,5,10-12,27H,2,4,6-9,21H2,1H3. The van der Waals surface area contributed by atoms with E-state index in [-0.39, 0.29) is 11.7 Å². The molecule has 2 aromatic rings. The fraction of sp³-hybridized carbons (Fsp3) is 0.350. The van der Waals surface area contributed by atoms with Crippen molar-refractivity contribution in [2.24, 2.45) is 0 Å². The number of allylic oxidation sites excluding steroid dienone is 1. The molecule has 1 aliphatic carbocycles. The molecule has 0 radical (unpaired) electrons. The highest BCUT2D eigenvalue weighted by Crippen LogP contribution is 2.32. The minimum absolute atomic E-state index is 0.0994. The molecule has 7 nitrogen and oxygen atoms in total. The molecule has 7 heteroatoms. The van der Waals surface area contributed by atoms with Crippen molar-refractivity contribution in [2.45, 2.75) is 19.8 Å². The van der Waals surface area contributed by atoms with Crippen molar-refractivity contribution in [3.8, 4) is 5.75 Å². The van der Waals surface area contributed by atoms with E-state index in [0.29, 0.717) is 18.8 Å². The predicted octanol–water partition coefficient (Wildman–Crippen LogP) is 1.92. The number of anilines is 2. The average Bonchev–Trinajstić information content (AvgIpc) is 2.69. The van der Waals surface area contributed by atoms with Crippen molar-refractivity contribution in [3.05, 3.63) is 41.3 Å². The fourth-order valence-electron chi connectivity index (χ4n) is 3.60. The first kappa shape index (κ1) is 17.3. The third kappa shape index (κ3) is 3.45. The number of carbonyl (C=O) groups is 1. The summed E-state index contributed by atoms with van der Waals surface area (Å²) >= 11 is 0. The number of fused-ring (bicyclic) bond motifs is 1. The van der Waals surface area contributed by atoms with Crippen LogP contribution in [0.2, 0.25) is 0 Å². The normalized spacial score (nSPS) is 16.7. The molecule has 1 saturated heterocycles. The monoisotopic (exact) mass is 365 g/mol. The Bertz CT molecular complexity index is 917. The van der Waals surface area contributed by atoms with Crippen molar-refractivity contribution in [2.75, 3.05) is 36.8 Å². The Morgan fingerprint density at radius 2 is 1.96 bits per heavy atom. The zero-order valence-corrected chi connectivity index (χ0v) is 15.4. The Morgan fingerprint density at radius 3 is 2.67 bits per heavy atom. The number of nitrogens with zero attached hydrogens (tertiary/aromatic N) is 4. The first-order chi connectivity index (χ1) is 13.0. The number of hydrogen-bond acceptors (Lipinski definition) is 6. The largest absolute Gasteiger partial charge is 0.506 e. The number of phenols is 1. The number of aromatic hydroxyl groups is 1. The second kappa shape index (κ2) is 6.90. The van der Waals surface area contributed by atoms with Gasteiger partial charge in [-0.25, -0.2) is 4.98 Å². The second-order valence-electron chi connectivity index (χ2n) is 7.00. The van der Waals surface area contributed by atoms with Crippen LogP contribution in [0, 0.1) is 0 Å². The van der Waals surface area contributed by atoms with Gasteiger partial charge in [-0.05, 0) is 42.2 Å². The van der Waals surface area contributed by atoms with Gasteiger partial charge in [0.1, 0.15) is 11.6 Å². The molecular formula is C20H23N5O2. The summed E-state index contributed by atoms with van der Waals surface area (Å²) in [5, 5.41) is 9.64. The van der Waals surface area contributed by atoms with Crippen molar-refractivity contribution in [3.63, 3.8) is 0 Å². The quantitative estimate of drug-likeness (QED) is 0.624. The lowest BCUT2D eigenvalue weighted by molar-refractivity contribution is -0.129. The Kier molecular flexibility index (Phi) is 4.43. The zero-order chi connectivity index (χ0) is 19.0. The van der Waals surface area contributed by atoms with Crippen molar-refractivity contribution in [1.29, 1.82) is 0 Å². The van der Waals surface area contributed by atoms with Gasteiger partial charge in [0.25, 0.3) is 0 Å². The number of carbonyl (C=O) groups excluding carboxylic acids is 1. The van der Waals surface area contributed by atoms with Crippen molar-refractivity contribution < 1.29 is 9.90 Å². The molecule has 140 valence electrons. The lowest BCUT2D eigenvalue weighted by Gasteiger charge is -2.35. The Morgan fingerprint density at radius 1 is 1.19 bits per heavy atom. The summed E-state index contributed by atoms with van der Waals surface area (Å²) in [5.74, 6) is 1.06. The van der Waals surface area contributed by atoms with Crippen LogP contribution in [0.3, 0.4) is 0 Å². The third-order valence-electron chi connectivity index (χ3n) is 5.26. The molecule has 1 aliphatic heterocycles.